The summed E-state index contributed by atoms with van der Waals surface area (Å²) >= 11 is 0. The number of carbonyl (C=O) groups excluding carboxylic acids is 2. The smallest absolute Gasteiger partial charge is 0.337 e. The van der Waals surface area contributed by atoms with E-state index in [-0.39, 0.29) is 11.1 Å². The Morgan fingerprint density at radius 2 is 1.95 bits per heavy atom. The van der Waals surface area contributed by atoms with Crippen LogP contribution in [0.15, 0.2) is 34.9 Å². The molecule has 21 heavy (non-hydrogen) atoms. The number of esters is 2. The van der Waals surface area contributed by atoms with Gasteiger partial charge in [0.15, 0.2) is 0 Å². The summed E-state index contributed by atoms with van der Waals surface area (Å²) in [5, 5.41) is 0. The molecule has 0 fully saturated rings. The van der Waals surface area contributed by atoms with Crippen molar-refractivity contribution < 1.29 is 23.8 Å². The molecule has 0 saturated heterocycles. The molecular formula is C16H20O5. The average molecular weight is 292 g/mol. The zero-order valence-corrected chi connectivity index (χ0v) is 12.8. The van der Waals surface area contributed by atoms with Crippen LogP contribution < -0.4 is 0 Å². The number of hydrogen-bond acceptors (Lipinski definition) is 5. The lowest BCUT2D eigenvalue weighted by Gasteiger charge is -2.25. The van der Waals surface area contributed by atoms with Gasteiger partial charge in [0.2, 0.25) is 0 Å². The summed E-state index contributed by atoms with van der Waals surface area (Å²) in [6, 6.07) is 0. The lowest BCUT2D eigenvalue weighted by molar-refractivity contribution is -0.139. The number of rotatable bonds is 5. The van der Waals surface area contributed by atoms with Gasteiger partial charge in [0.25, 0.3) is 0 Å². The summed E-state index contributed by atoms with van der Waals surface area (Å²) in [4.78, 5) is 24.1. The van der Waals surface area contributed by atoms with E-state index in [2.05, 4.69) is 6.08 Å². The minimum atomic E-state index is -0.882. The maximum absolute atomic E-state index is 12.1. The lowest BCUT2D eigenvalue weighted by atomic mass is 9.83. The molecule has 0 unspecified atom stereocenters. The summed E-state index contributed by atoms with van der Waals surface area (Å²) in [6.07, 6.45) is 6.50. The highest BCUT2D eigenvalue weighted by molar-refractivity contribution is 6.05. The van der Waals surface area contributed by atoms with Crippen LogP contribution in [-0.2, 0) is 23.8 Å². The Morgan fingerprint density at radius 1 is 1.29 bits per heavy atom. The summed E-state index contributed by atoms with van der Waals surface area (Å²) in [6.45, 7) is 4.02. The molecule has 2 heterocycles. The highest BCUT2D eigenvalue weighted by Gasteiger charge is 2.53. The fourth-order valence-electron chi connectivity index (χ4n) is 2.77. The topological polar surface area (TPSA) is 61.8 Å². The van der Waals surface area contributed by atoms with Crippen LogP contribution in [0.3, 0.4) is 0 Å². The van der Waals surface area contributed by atoms with Crippen LogP contribution in [0, 0.1) is 0 Å². The predicted molar refractivity (Wildman–Crippen MR) is 76.5 cm³/mol. The standard InChI is InChI=1S/C16H20O5/c1-10(2)6-5-8-16-9-7-11(21-16)12(14(17)19-3)13(16)15(18)20-4/h6-7,9,11H,5,8H2,1-4H3/t11-,16+/m0/s1. The first-order valence-corrected chi connectivity index (χ1v) is 6.87. The van der Waals surface area contributed by atoms with Gasteiger partial charge in [0.1, 0.15) is 11.7 Å². The molecule has 0 spiro atoms. The fourth-order valence-corrected chi connectivity index (χ4v) is 2.77. The van der Waals surface area contributed by atoms with E-state index >= 15 is 0 Å². The van der Waals surface area contributed by atoms with Crippen LogP contribution in [0.1, 0.15) is 26.7 Å². The van der Waals surface area contributed by atoms with Crippen molar-refractivity contribution in [1.82, 2.24) is 0 Å². The van der Waals surface area contributed by atoms with Crippen LogP contribution >= 0.6 is 0 Å². The van der Waals surface area contributed by atoms with E-state index in [9.17, 15) is 9.59 Å². The number of allylic oxidation sites excluding steroid dienone is 2. The molecular weight excluding hydrogens is 272 g/mol. The summed E-state index contributed by atoms with van der Waals surface area (Å²) < 4.78 is 15.5. The maximum atomic E-state index is 12.1. The molecule has 0 aliphatic carbocycles. The minimum Gasteiger partial charge on any atom is -0.466 e. The lowest BCUT2D eigenvalue weighted by Crippen LogP contribution is -2.32. The van der Waals surface area contributed by atoms with Gasteiger partial charge in [0, 0.05) is 0 Å². The molecule has 5 heteroatoms. The van der Waals surface area contributed by atoms with E-state index in [1.165, 1.54) is 19.8 Å². The molecule has 0 amide bonds. The first-order chi connectivity index (χ1) is 9.95. The highest BCUT2D eigenvalue weighted by atomic mass is 16.6. The van der Waals surface area contributed by atoms with Crippen molar-refractivity contribution in [3.63, 3.8) is 0 Å². The van der Waals surface area contributed by atoms with Crippen LogP contribution in [0.25, 0.3) is 0 Å². The van der Waals surface area contributed by atoms with E-state index in [4.69, 9.17) is 14.2 Å². The van der Waals surface area contributed by atoms with Crippen molar-refractivity contribution in [2.75, 3.05) is 14.2 Å². The third-order valence-electron chi connectivity index (χ3n) is 3.72. The van der Waals surface area contributed by atoms with Gasteiger partial charge < -0.3 is 14.2 Å². The van der Waals surface area contributed by atoms with Crippen LogP contribution in [-0.4, -0.2) is 37.9 Å². The van der Waals surface area contributed by atoms with E-state index in [0.29, 0.717) is 6.42 Å². The van der Waals surface area contributed by atoms with Crippen LogP contribution in [0.2, 0.25) is 0 Å². The van der Waals surface area contributed by atoms with E-state index < -0.39 is 23.6 Å². The molecule has 114 valence electrons. The monoisotopic (exact) mass is 292 g/mol. The molecule has 2 aliphatic heterocycles. The second-order valence-corrected chi connectivity index (χ2v) is 5.38. The van der Waals surface area contributed by atoms with Crippen molar-refractivity contribution in [3.8, 4) is 0 Å². The van der Waals surface area contributed by atoms with E-state index in [1.54, 1.807) is 6.08 Å². The van der Waals surface area contributed by atoms with Gasteiger partial charge in [-0.3, -0.25) is 0 Å². The van der Waals surface area contributed by atoms with Crippen LogP contribution in [0.5, 0.6) is 0 Å². The molecule has 0 radical (unpaired) electrons. The first kappa shape index (κ1) is 15.5. The Hall–Kier alpha value is -1.88. The molecule has 0 aromatic rings. The first-order valence-electron chi connectivity index (χ1n) is 6.87. The van der Waals surface area contributed by atoms with E-state index in [1.807, 2.05) is 19.9 Å². The molecule has 2 aliphatic rings. The molecule has 2 bridgehead atoms. The Kier molecular flexibility index (Phi) is 4.32. The Labute approximate surface area is 124 Å². The fraction of sp³-hybridized carbons (Fsp3) is 0.500. The van der Waals surface area contributed by atoms with Gasteiger partial charge in [-0.2, -0.15) is 0 Å². The molecule has 0 saturated carbocycles. The van der Waals surface area contributed by atoms with Crippen molar-refractivity contribution in [2.24, 2.45) is 0 Å². The van der Waals surface area contributed by atoms with Gasteiger partial charge >= 0.3 is 11.9 Å². The number of fused-ring (bicyclic) bond motifs is 2. The zero-order valence-electron chi connectivity index (χ0n) is 12.8. The third kappa shape index (κ3) is 2.65. The SMILES string of the molecule is COC(=O)C1=C(C(=O)OC)[C@@]2(CCC=C(C)C)C=C[C@@H]1O2. The molecule has 5 nitrogen and oxygen atoms in total. The summed E-state index contributed by atoms with van der Waals surface area (Å²) in [5.74, 6) is -1.09. The minimum absolute atomic E-state index is 0.254. The second-order valence-electron chi connectivity index (χ2n) is 5.38. The van der Waals surface area contributed by atoms with Gasteiger partial charge in [-0.25, -0.2) is 9.59 Å². The molecule has 0 N–H and O–H groups in total. The largest absolute Gasteiger partial charge is 0.466 e. The van der Waals surface area contributed by atoms with Gasteiger partial charge in [-0.1, -0.05) is 17.7 Å². The average Bonchev–Trinajstić information content (AvgIpc) is 3.00. The van der Waals surface area contributed by atoms with Crippen LogP contribution in [0.4, 0.5) is 0 Å². The summed E-state index contributed by atoms with van der Waals surface area (Å²) in [5.41, 5.74) is 0.836. The van der Waals surface area contributed by atoms with Crippen molar-refractivity contribution in [2.45, 2.75) is 38.4 Å². The van der Waals surface area contributed by atoms with E-state index in [0.717, 1.165) is 6.42 Å². The number of ether oxygens (including phenoxy) is 3. The van der Waals surface area contributed by atoms with Crippen molar-refractivity contribution >= 4 is 11.9 Å². The number of methoxy groups -OCH3 is 2. The Bertz CT molecular complexity index is 551. The van der Waals surface area contributed by atoms with Gasteiger partial charge in [-0.05, 0) is 32.8 Å². The van der Waals surface area contributed by atoms with Gasteiger partial charge in [0.05, 0.1) is 25.4 Å². The third-order valence-corrected chi connectivity index (χ3v) is 3.72. The molecule has 2 rings (SSSR count). The Morgan fingerprint density at radius 3 is 2.52 bits per heavy atom. The number of carbonyl (C=O) groups is 2. The molecule has 2 atom stereocenters. The summed E-state index contributed by atoms with van der Waals surface area (Å²) in [7, 11) is 2.58. The molecule has 0 aromatic heterocycles. The zero-order chi connectivity index (χ0) is 15.6. The van der Waals surface area contributed by atoms with Crippen molar-refractivity contribution in [1.29, 1.82) is 0 Å². The molecule has 0 aromatic carbocycles. The maximum Gasteiger partial charge on any atom is 0.337 e. The van der Waals surface area contributed by atoms with Gasteiger partial charge in [-0.15, -0.1) is 0 Å². The quantitative estimate of drug-likeness (QED) is 0.573. The number of hydrogen-bond donors (Lipinski definition) is 0. The second kappa shape index (κ2) is 5.85. The highest BCUT2D eigenvalue weighted by Crippen LogP contribution is 2.46. The predicted octanol–water partition coefficient (Wildman–Crippen LogP) is 2.08. The normalized spacial score (nSPS) is 26.0. The Balaban J connectivity index is 2.38. The van der Waals surface area contributed by atoms with Crippen molar-refractivity contribution in [3.05, 3.63) is 34.9 Å².